The van der Waals surface area contributed by atoms with E-state index in [9.17, 15) is 13.2 Å². The average molecular weight is 246 g/mol. The van der Waals surface area contributed by atoms with Crippen molar-refractivity contribution in [1.82, 2.24) is 0 Å². The van der Waals surface area contributed by atoms with Crippen molar-refractivity contribution in [3.8, 4) is 0 Å². The molecule has 0 aliphatic heterocycles. The van der Waals surface area contributed by atoms with E-state index in [1.165, 1.54) is 0 Å². The van der Waals surface area contributed by atoms with Gasteiger partial charge in [0.15, 0.2) is 6.10 Å². The predicted molar refractivity (Wildman–Crippen MR) is 57.8 cm³/mol. The SMILES string of the molecule is CC(OCc1ccc(C(=N)N)cc1)C(F)(F)F. The van der Waals surface area contributed by atoms with Gasteiger partial charge in [0.2, 0.25) is 0 Å². The van der Waals surface area contributed by atoms with Gasteiger partial charge >= 0.3 is 6.18 Å². The van der Waals surface area contributed by atoms with Crippen molar-refractivity contribution in [3.05, 3.63) is 35.4 Å². The van der Waals surface area contributed by atoms with Gasteiger partial charge < -0.3 is 10.5 Å². The molecule has 1 aromatic carbocycles. The van der Waals surface area contributed by atoms with Crippen molar-refractivity contribution in [2.45, 2.75) is 25.8 Å². The van der Waals surface area contributed by atoms with Crippen molar-refractivity contribution in [2.75, 3.05) is 0 Å². The zero-order valence-electron chi connectivity index (χ0n) is 9.21. The quantitative estimate of drug-likeness (QED) is 0.633. The highest BCUT2D eigenvalue weighted by atomic mass is 19.4. The number of halogens is 3. The van der Waals surface area contributed by atoms with Crippen LogP contribution in [0.4, 0.5) is 13.2 Å². The van der Waals surface area contributed by atoms with Crippen molar-refractivity contribution in [2.24, 2.45) is 5.73 Å². The van der Waals surface area contributed by atoms with Gasteiger partial charge in [0.05, 0.1) is 6.61 Å². The minimum absolute atomic E-state index is 0.0823. The fourth-order valence-electron chi connectivity index (χ4n) is 1.10. The lowest BCUT2D eigenvalue weighted by atomic mass is 10.1. The van der Waals surface area contributed by atoms with Gasteiger partial charge in [0.1, 0.15) is 5.84 Å². The van der Waals surface area contributed by atoms with E-state index in [0.29, 0.717) is 11.1 Å². The zero-order valence-corrected chi connectivity index (χ0v) is 9.21. The molecule has 0 spiro atoms. The number of hydrogen-bond donors (Lipinski definition) is 2. The van der Waals surface area contributed by atoms with Gasteiger partial charge in [-0.1, -0.05) is 24.3 Å². The van der Waals surface area contributed by atoms with Crippen LogP contribution in [0, 0.1) is 5.41 Å². The van der Waals surface area contributed by atoms with Crippen LogP contribution in [-0.4, -0.2) is 18.1 Å². The third-order valence-corrected chi connectivity index (χ3v) is 2.23. The third-order valence-electron chi connectivity index (χ3n) is 2.23. The van der Waals surface area contributed by atoms with Crippen LogP contribution in [0.25, 0.3) is 0 Å². The summed E-state index contributed by atoms with van der Waals surface area (Å²) < 4.78 is 41.1. The van der Waals surface area contributed by atoms with Crippen molar-refractivity contribution in [3.63, 3.8) is 0 Å². The molecule has 6 heteroatoms. The Morgan fingerprint density at radius 2 is 1.88 bits per heavy atom. The van der Waals surface area contributed by atoms with Gasteiger partial charge in [0.25, 0.3) is 0 Å². The number of nitrogen functional groups attached to an aromatic ring is 1. The second-order valence-electron chi connectivity index (χ2n) is 3.61. The molecular weight excluding hydrogens is 233 g/mol. The van der Waals surface area contributed by atoms with Gasteiger partial charge in [-0.05, 0) is 12.5 Å². The third kappa shape index (κ3) is 4.07. The van der Waals surface area contributed by atoms with E-state index >= 15 is 0 Å². The summed E-state index contributed by atoms with van der Waals surface area (Å²) in [7, 11) is 0. The molecule has 1 rings (SSSR count). The first-order chi connectivity index (χ1) is 7.80. The first-order valence-corrected chi connectivity index (χ1v) is 4.92. The molecule has 3 nitrogen and oxygen atoms in total. The Morgan fingerprint density at radius 1 is 1.35 bits per heavy atom. The first kappa shape index (κ1) is 13.5. The Bertz CT molecular complexity index is 387. The molecule has 1 aromatic rings. The number of ether oxygens (including phenoxy) is 1. The summed E-state index contributed by atoms with van der Waals surface area (Å²) in [5.74, 6) is -0.0823. The molecule has 0 aliphatic rings. The molecule has 0 aliphatic carbocycles. The molecule has 0 bridgehead atoms. The Kier molecular flexibility index (Phi) is 4.11. The van der Waals surface area contributed by atoms with E-state index in [4.69, 9.17) is 11.1 Å². The number of hydrogen-bond acceptors (Lipinski definition) is 2. The van der Waals surface area contributed by atoms with Crippen molar-refractivity contribution < 1.29 is 17.9 Å². The number of alkyl halides is 3. The first-order valence-electron chi connectivity index (χ1n) is 4.92. The number of amidine groups is 1. The van der Waals surface area contributed by atoms with E-state index in [1.54, 1.807) is 24.3 Å². The number of rotatable bonds is 4. The maximum absolute atomic E-state index is 12.2. The summed E-state index contributed by atoms with van der Waals surface area (Å²) in [6.07, 6.45) is -6.14. The van der Waals surface area contributed by atoms with E-state index in [1.807, 2.05) is 0 Å². The molecule has 1 unspecified atom stereocenters. The van der Waals surface area contributed by atoms with Crippen LogP contribution >= 0.6 is 0 Å². The molecule has 3 N–H and O–H groups in total. The molecule has 0 amide bonds. The Hall–Kier alpha value is -1.56. The number of benzene rings is 1. The van der Waals surface area contributed by atoms with Crippen LogP contribution in [0.15, 0.2) is 24.3 Å². The van der Waals surface area contributed by atoms with Crippen molar-refractivity contribution in [1.29, 1.82) is 5.41 Å². The highest BCUT2D eigenvalue weighted by Gasteiger charge is 2.36. The number of nitrogens with one attached hydrogen (secondary N) is 1. The summed E-state index contributed by atoms with van der Waals surface area (Å²) in [4.78, 5) is 0. The molecule has 0 aromatic heterocycles. The van der Waals surface area contributed by atoms with E-state index in [-0.39, 0.29) is 12.4 Å². The second-order valence-corrected chi connectivity index (χ2v) is 3.61. The summed E-state index contributed by atoms with van der Waals surface area (Å²) in [5, 5.41) is 7.16. The molecule has 0 saturated carbocycles. The molecule has 94 valence electrons. The van der Waals surface area contributed by atoms with E-state index in [0.717, 1.165) is 6.92 Å². The summed E-state index contributed by atoms with van der Waals surface area (Å²) in [5.41, 5.74) is 6.37. The smallest absolute Gasteiger partial charge is 0.384 e. The summed E-state index contributed by atoms with van der Waals surface area (Å²) in [6.45, 7) is 0.836. The lowest BCUT2D eigenvalue weighted by molar-refractivity contribution is -0.217. The minimum Gasteiger partial charge on any atom is -0.384 e. The summed E-state index contributed by atoms with van der Waals surface area (Å²) >= 11 is 0. The fraction of sp³-hybridized carbons (Fsp3) is 0.364. The second kappa shape index (κ2) is 5.18. The Morgan fingerprint density at radius 3 is 2.29 bits per heavy atom. The topological polar surface area (TPSA) is 59.1 Å². The van der Waals surface area contributed by atoms with Crippen LogP contribution in [0.1, 0.15) is 18.1 Å². The molecular formula is C11H13F3N2O. The lowest BCUT2D eigenvalue weighted by Gasteiger charge is -2.16. The molecule has 0 saturated heterocycles. The summed E-state index contributed by atoms with van der Waals surface area (Å²) in [6, 6.07) is 6.30. The van der Waals surface area contributed by atoms with Crippen molar-refractivity contribution >= 4 is 5.84 Å². The van der Waals surface area contributed by atoms with Crippen LogP contribution < -0.4 is 5.73 Å². The monoisotopic (exact) mass is 246 g/mol. The van der Waals surface area contributed by atoms with Crippen LogP contribution in [0.3, 0.4) is 0 Å². The highest BCUT2D eigenvalue weighted by molar-refractivity contribution is 5.94. The lowest BCUT2D eigenvalue weighted by Crippen LogP contribution is -2.28. The molecule has 0 heterocycles. The molecule has 0 radical (unpaired) electrons. The zero-order chi connectivity index (χ0) is 13.1. The molecule has 0 fully saturated rings. The maximum Gasteiger partial charge on any atom is 0.414 e. The fourth-order valence-corrected chi connectivity index (χ4v) is 1.10. The predicted octanol–water partition coefficient (Wildman–Crippen LogP) is 2.44. The van der Waals surface area contributed by atoms with E-state index in [2.05, 4.69) is 4.74 Å². The van der Waals surface area contributed by atoms with Gasteiger partial charge in [-0.3, -0.25) is 5.41 Å². The normalized spacial score (nSPS) is 13.4. The molecule has 1 atom stereocenters. The van der Waals surface area contributed by atoms with Crippen LogP contribution in [0.5, 0.6) is 0 Å². The highest BCUT2D eigenvalue weighted by Crippen LogP contribution is 2.23. The van der Waals surface area contributed by atoms with Crippen LogP contribution in [0.2, 0.25) is 0 Å². The van der Waals surface area contributed by atoms with Crippen LogP contribution in [-0.2, 0) is 11.3 Å². The van der Waals surface area contributed by atoms with Gasteiger partial charge in [-0.25, -0.2) is 0 Å². The Balaban J connectivity index is 2.56. The van der Waals surface area contributed by atoms with Gasteiger partial charge in [-0.2, -0.15) is 13.2 Å². The largest absolute Gasteiger partial charge is 0.414 e. The minimum atomic E-state index is -4.35. The standard InChI is InChI=1S/C11H13F3N2O/c1-7(11(12,13)14)17-6-8-2-4-9(5-3-8)10(15)16/h2-5,7H,6H2,1H3,(H3,15,16). The van der Waals surface area contributed by atoms with Gasteiger partial charge in [0, 0.05) is 5.56 Å². The van der Waals surface area contributed by atoms with Gasteiger partial charge in [-0.15, -0.1) is 0 Å². The molecule has 17 heavy (non-hydrogen) atoms. The Labute approximate surface area is 96.9 Å². The average Bonchev–Trinajstić information content (AvgIpc) is 2.25. The number of nitrogens with two attached hydrogens (primary N) is 1. The van der Waals surface area contributed by atoms with E-state index < -0.39 is 12.3 Å². The maximum atomic E-state index is 12.2.